The summed E-state index contributed by atoms with van der Waals surface area (Å²) in [5.41, 5.74) is 1.19. The van der Waals surface area contributed by atoms with Gasteiger partial charge in [-0.25, -0.2) is 0 Å². The number of nitrogens with zero attached hydrogens (tertiary/aromatic N) is 3. The predicted octanol–water partition coefficient (Wildman–Crippen LogP) is 2.74. The van der Waals surface area contributed by atoms with Gasteiger partial charge in [-0.05, 0) is 31.2 Å². The van der Waals surface area contributed by atoms with Crippen molar-refractivity contribution in [2.75, 3.05) is 13.1 Å². The van der Waals surface area contributed by atoms with Crippen LogP contribution in [0.2, 0.25) is 0 Å². The van der Waals surface area contributed by atoms with Crippen LogP contribution in [0, 0.1) is 5.92 Å². The van der Waals surface area contributed by atoms with Gasteiger partial charge in [-0.1, -0.05) is 32.0 Å². The van der Waals surface area contributed by atoms with E-state index in [4.69, 9.17) is 4.74 Å². The molecule has 1 spiro atoms. The number of para-hydroxylation sites is 1. The number of fused-ring (bicyclic) bond motifs is 1. The lowest BCUT2D eigenvalue weighted by Gasteiger charge is -2.48. The lowest BCUT2D eigenvalue weighted by molar-refractivity contribution is -0.190. The number of ether oxygens (including phenoxy) is 1. The minimum Gasteiger partial charge on any atom is -0.393 e. The fourth-order valence-electron chi connectivity index (χ4n) is 4.57. The number of aliphatic hydroxyl groups excluding tert-OH is 1. The molecule has 27 heavy (non-hydrogen) atoms. The van der Waals surface area contributed by atoms with Crippen molar-refractivity contribution in [2.45, 2.75) is 57.3 Å². The van der Waals surface area contributed by atoms with Crippen molar-refractivity contribution in [1.29, 1.82) is 0 Å². The van der Waals surface area contributed by atoms with Crippen molar-refractivity contribution >= 4 is 16.8 Å². The molecular weight excluding hydrogens is 342 g/mol. The van der Waals surface area contributed by atoms with Gasteiger partial charge in [0.05, 0.1) is 23.3 Å². The van der Waals surface area contributed by atoms with E-state index in [9.17, 15) is 9.90 Å². The maximum Gasteiger partial charge on any atom is 0.275 e. The first kappa shape index (κ1) is 18.4. The van der Waals surface area contributed by atoms with E-state index >= 15 is 0 Å². The number of rotatable bonds is 2. The van der Waals surface area contributed by atoms with Gasteiger partial charge in [0.1, 0.15) is 0 Å². The number of benzene rings is 1. The molecule has 1 aromatic heterocycles. The van der Waals surface area contributed by atoms with Crippen LogP contribution in [0.4, 0.5) is 0 Å². The van der Waals surface area contributed by atoms with Crippen LogP contribution in [0.25, 0.3) is 10.9 Å². The van der Waals surface area contributed by atoms with Crippen LogP contribution in [-0.4, -0.2) is 56.6 Å². The number of amides is 1. The topological polar surface area (TPSA) is 67.6 Å². The Morgan fingerprint density at radius 3 is 2.70 bits per heavy atom. The van der Waals surface area contributed by atoms with E-state index in [2.05, 4.69) is 18.9 Å². The summed E-state index contributed by atoms with van der Waals surface area (Å²) in [7, 11) is 1.87. The largest absolute Gasteiger partial charge is 0.393 e. The van der Waals surface area contributed by atoms with E-state index in [-0.39, 0.29) is 23.7 Å². The molecule has 2 atom stereocenters. The first-order chi connectivity index (χ1) is 12.9. The van der Waals surface area contributed by atoms with E-state index < -0.39 is 0 Å². The highest BCUT2D eigenvalue weighted by atomic mass is 16.5. The molecule has 1 aromatic carbocycles. The van der Waals surface area contributed by atoms with Gasteiger partial charge in [0.2, 0.25) is 0 Å². The van der Waals surface area contributed by atoms with E-state index in [0.29, 0.717) is 37.5 Å². The van der Waals surface area contributed by atoms with Crippen LogP contribution in [0.15, 0.2) is 24.3 Å². The Morgan fingerprint density at radius 2 is 2.00 bits per heavy atom. The fourth-order valence-corrected chi connectivity index (χ4v) is 4.57. The molecule has 2 aliphatic heterocycles. The SMILES string of the molecule is CC(C)[C@H]1C[C@@H](O)CC2(CCN(C(=O)c3nn(C)c4ccccc34)CC2)O1. The third-order valence-corrected chi connectivity index (χ3v) is 6.18. The van der Waals surface area contributed by atoms with E-state index in [1.165, 1.54) is 0 Å². The lowest BCUT2D eigenvalue weighted by Crippen LogP contribution is -2.54. The number of aliphatic hydroxyl groups is 1. The van der Waals surface area contributed by atoms with Crippen LogP contribution >= 0.6 is 0 Å². The number of carbonyl (C=O) groups is 1. The molecule has 4 rings (SSSR count). The summed E-state index contributed by atoms with van der Waals surface area (Å²) in [6.45, 7) is 5.56. The van der Waals surface area contributed by atoms with Crippen molar-refractivity contribution in [3.8, 4) is 0 Å². The Morgan fingerprint density at radius 1 is 1.30 bits per heavy atom. The number of aromatic nitrogens is 2. The first-order valence-electron chi connectivity index (χ1n) is 9.95. The van der Waals surface area contributed by atoms with Crippen molar-refractivity contribution in [3.05, 3.63) is 30.0 Å². The Bertz CT molecular complexity index is 836. The summed E-state index contributed by atoms with van der Waals surface area (Å²) in [4.78, 5) is 15.0. The summed E-state index contributed by atoms with van der Waals surface area (Å²) in [6.07, 6.45) is 2.70. The molecule has 0 bridgehead atoms. The van der Waals surface area contributed by atoms with Crippen molar-refractivity contribution < 1.29 is 14.6 Å². The second-order valence-electron chi connectivity index (χ2n) is 8.46. The van der Waals surface area contributed by atoms with Crippen LogP contribution in [0.5, 0.6) is 0 Å². The van der Waals surface area contributed by atoms with E-state index in [0.717, 1.165) is 23.7 Å². The van der Waals surface area contributed by atoms with Crippen LogP contribution in [0.3, 0.4) is 0 Å². The highest BCUT2D eigenvalue weighted by molar-refractivity contribution is 6.04. The lowest BCUT2D eigenvalue weighted by atomic mass is 9.80. The van der Waals surface area contributed by atoms with E-state index in [1.54, 1.807) is 4.68 Å². The summed E-state index contributed by atoms with van der Waals surface area (Å²) < 4.78 is 8.20. The minimum atomic E-state index is -0.312. The van der Waals surface area contributed by atoms with E-state index in [1.807, 2.05) is 36.2 Å². The van der Waals surface area contributed by atoms with Crippen LogP contribution < -0.4 is 0 Å². The molecule has 2 saturated heterocycles. The van der Waals surface area contributed by atoms with Gasteiger partial charge in [0, 0.05) is 31.9 Å². The molecular formula is C21H29N3O3. The molecule has 1 amide bonds. The number of likely N-dealkylation sites (tertiary alicyclic amines) is 1. The fraction of sp³-hybridized carbons (Fsp3) is 0.619. The quantitative estimate of drug-likeness (QED) is 0.881. The minimum absolute atomic E-state index is 0.0154. The van der Waals surface area contributed by atoms with Crippen molar-refractivity contribution in [2.24, 2.45) is 13.0 Å². The molecule has 6 heteroatoms. The molecule has 2 aromatic rings. The number of hydrogen-bond acceptors (Lipinski definition) is 4. The Labute approximate surface area is 160 Å². The molecule has 0 radical (unpaired) electrons. The molecule has 3 heterocycles. The van der Waals surface area contributed by atoms with Crippen molar-refractivity contribution in [3.63, 3.8) is 0 Å². The first-order valence-corrected chi connectivity index (χ1v) is 9.95. The molecule has 2 fully saturated rings. The highest BCUT2D eigenvalue weighted by Gasteiger charge is 2.44. The second-order valence-corrected chi connectivity index (χ2v) is 8.46. The molecule has 6 nitrogen and oxygen atoms in total. The number of aryl methyl sites for hydroxylation is 1. The third-order valence-electron chi connectivity index (χ3n) is 6.18. The number of piperidine rings is 1. The smallest absolute Gasteiger partial charge is 0.275 e. The zero-order valence-corrected chi connectivity index (χ0v) is 16.4. The summed E-state index contributed by atoms with van der Waals surface area (Å²) in [5.74, 6) is 0.370. The average molecular weight is 371 g/mol. The molecule has 1 N–H and O–H groups in total. The van der Waals surface area contributed by atoms with Crippen LogP contribution in [-0.2, 0) is 11.8 Å². The predicted molar refractivity (Wildman–Crippen MR) is 104 cm³/mol. The van der Waals surface area contributed by atoms with Gasteiger partial charge in [-0.15, -0.1) is 0 Å². The zero-order valence-electron chi connectivity index (χ0n) is 16.4. The molecule has 0 unspecified atom stereocenters. The molecule has 0 saturated carbocycles. The zero-order chi connectivity index (χ0) is 19.2. The molecule has 146 valence electrons. The van der Waals surface area contributed by atoms with Gasteiger partial charge in [-0.3, -0.25) is 9.48 Å². The number of hydrogen-bond donors (Lipinski definition) is 1. The van der Waals surface area contributed by atoms with Gasteiger partial charge < -0.3 is 14.7 Å². The number of carbonyl (C=O) groups excluding carboxylic acids is 1. The van der Waals surface area contributed by atoms with Crippen LogP contribution in [0.1, 0.15) is 50.0 Å². The van der Waals surface area contributed by atoms with Gasteiger partial charge in [0.25, 0.3) is 5.91 Å². The average Bonchev–Trinajstić information content (AvgIpc) is 2.98. The Hall–Kier alpha value is -1.92. The Kier molecular flexibility index (Phi) is 4.72. The second kappa shape index (κ2) is 6.91. The standard InChI is InChI=1S/C21H29N3O3/c1-14(2)18-12-15(25)13-21(27-18)8-10-24(11-9-21)20(26)19-16-6-4-5-7-17(16)23(3)22-19/h4-7,14-15,18,25H,8-13H2,1-3H3/t15-,18-/m1/s1. The van der Waals surface area contributed by atoms with Gasteiger partial charge in [0.15, 0.2) is 5.69 Å². The summed E-state index contributed by atoms with van der Waals surface area (Å²) in [5, 5.41) is 15.7. The monoisotopic (exact) mass is 371 g/mol. The normalized spacial score (nSPS) is 25.4. The van der Waals surface area contributed by atoms with Gasteiger partial charge in [-0.2, -0.15) is 5.10 Å². The summed E-state index contributed by atoms with van der Waals surface area (Å²) >= 11 is 0. The summed E-state index contributed by atoms with van der Waals surface area (Å²) in [6, 6.07) is 7.83. The van der Waals surface area contributed by atoms with Gasteiger partial charge >= 0.3 is 0 Å². The maximum absolute atomic E-state index is 13.1. The highest BCUT2D eigenvalue weighted by Crippen LogP contribution is 2.39. The van der Waals surface area contributed by atoms with Crippen molar-refractivity contribution in [1.82, 2.24) is 14.7 Å². The Balaban J connectivity index is 1.49. The third kappa shape index (κ3) is 3.36. The molecule has 2 aliphatic rings. The molecule has 0 aliphatic carbocycles. The maximum atomic E-state index is 13.1.